The smallest absolute Gasteiger partial charge is 0.310 e. The minimum atomic E-state index is -0.499. The fraction of sp³-hybridized carbons (Fsp3) is 0.462. The minimum Gasteiger partial charge on any atom is -0.487 e. The van der Waals surface area contributed by atoms with E-state index in [1.807, 2.05) is 0 Å². The molecule has 7 heteroatoms. The number of benzene rings is 1. The molecule has 0 atom stereocenters. The Morgan fingerprint density at radius 3 is 2.70 bits per heavy atom. The summed E-state index contributed by atoms with van der Waals surface area (Å²) in [6, 6.07) is 4.54. The molecule has 0 radical (unpaired) electrons. The van der Waals surface area contributed by atoms with E-state index in [-0.39, 0.29) is 30.5 Å². The number of nitro benzene ring substituents is 1. The summed E-state index contributed by atoms with van der Waals surface area (Å²) in [6.07, 6.45) is 0.846. The summed E-state index contributed by atoms with van der Waals surface area (Å²) in [5, 5.41) is 10.9. The monoisotopic (exact) mass is 281 g/mol. The van der Waals surface area contributed by atoms with Crippen LogP contribution in [0.1, 0.15) is 18.4 Å². The van der Waals surface area contributed by atoms with E-state index in [4.69, 9.17) is 10.5 Å². The molecule has 0 saturated carbocycles. The number of amides is 1. The highest BCUT2D eigenvalue weighted by Gasteiger charge is 2.15. The Hall–Kier alpha value is -2.15. The zero-order valence-corrected chi connectivity index (χ0v) is 11.7. The van der Waals surface area contributed by atoms with Crippen molar-refractivity contribution in [2.45, 2.75) is 19.4 Å². The first-order chi connectivity index (χ1) is 9.45. The van der Waals surface area contributed by atoms with Gasteiger partial charge in [0, 0.05) is 33.1 Å². The lowest BCUT2D eigenvalue weighted by molar-refractivity contribution is -0.385. The summed E-state index contributed by atoms with van der Waals surface area (Å²) in [7, 11) is 3.36. The second-order valence-corrected chi connectivity index (χ2v) is 4.50. The molecule has 0 fully saturated rings. The molecule has 1 amide bonds. The Labute approximate surface area is 117 Å². The molecule has 0 aliphatic rings. The maximum atomic E-state index is 11.4. The fourth-order valence-electron chi connectivity index (χ4n) is 1.58. The van der Waals surface area contributed by atoms with Gasteiger partial charge in [-0.25, -0.2) is 0 Å². The van der Waals surface area contributed by atoms with Crippen molar-refractivity contribution in [3.63, 3.8) is 0 Å². The van der Waals surface area contributed by atoms with E-state index in [2.05, 4.69) is 0 Å². The van der Waals surface area contributed by atoms with E-state index < -0.39 is 4.92 Å². The SMILES string of the molecule is CN(C)C(=O)CCCOc1cc(CN)ccc1[N+](=O)[O-]. The standard InChI is InChI=1S/C13H19N3O4/c1-15(2)13(17)4-3-7-20-12-8-10(9-14)5-6-11(12)16(18)19/h5-6,8H,3-4,7,9,14H2,1-2H3. The normalized spacial score (nSPS) is 10.2. The van der Waals surface area contributed by atoms with E-state index in [1.54, 1.807) is 26.2 Å². The molecule has 20 heavy (non-hydrogen) atoms. The highest BCUT2D eigenvalue weighted by Crippen LogP contribution is 2.28. The number of nitrogens with zero attached hydrogens (tertiary/aromatic N) is 2. The summed E-state index contributed by atoms with van der Waals surface area (Å²) in [5.74, 6) is 0.189. The molecule has 0 spiro atoms. The summed E-state index contributed by atoms with van der Waals surface area (Å²) >= 11 is 0. The molecule has 2 N–H and O–H groups in total. The van der Waals surface area contributed by atoms with Crippen LogP contribution in [0.4, 0.5) is 5.69 Å². The third-order valence-corrected chi connectivity index (χ3v) is 2.75. The first-order valence-electron chi connectivity index (χ1n) is 6.26. The van der Waals surface area contributed by atoms with Gasteiger partial charge in [0.05, 0.1) is 11.5 Å². The van der Waals surface area contributed by atoms with E-state index in [0.717, 1.165) is 5.56 Å². The highest BCUT2D eigenvalue weighted by atomic mass is 16.6. The van der Waals surface area contributed by atoms with Gasteiger partial charge >= 0.3 is 5.69 Å². The van der Waals surface area contributed by atoms with E-state index in [1.165, 1.54) is 11.0 Å². The van der Waals surface area contributed by atoms with Crippen LogP contribution in [0, 0.1) is 10.1 Å². The number of ether oxygens (including phenoxy) is 1. The molecule has 1 aromatic rings. The predicted molar refractivity (Wildman–Crippen MR) is 74.4 cm³/mol. The molecule has 0 unspecified atom stereocenters. The Morgan fingerprint density at radius 1 is 1.45 bits per heavy atom. The van der Waals surface area contributed by atoms with Crippen molar-refractivity contribution in [3.8, 4) is 5.75 Å². The Balaban J connectivity index is 2.62. The quantitative estimate of drug-likeness (QED) is 0.461. The van der Waals surface area contributed by atoms with Crippen LogP contribution in [-0.4, -0.2) is 36.4 Å². The lowest BCUT2D eigenvalue weighted by Gasteiger charge is -2.11. The third-order valence-electron chi connectivity index (χ3n) is 2.75. The largest absolute Gasteiger partial charge is 0.487 e. The van der Waals surface area contributed by atoms with Crippen LogP contribution >= 0.6 is 0 Å². The first kappa shape index (κ1) is 15.9. The van der Waals surface area contributed by atoms with Gasteiger partial charge in [0.1, 0.15) is 0 Å². The van der Waals surface area contributed by atoms with Gasteiger partial charge in [-0.05, 0) is 18.1 Å². The number of carbonyl (C=O) groups is 1. The van der Waals surface area contributed by atoms with Crippen molar-refractivity contribution >= 4 is 11.6 Å². The van der Waals surface area contributed by atoms with Crippen molar-refractivity contribution in [1.82, 2.24) is 4.90 Å². The Kier molecular flexibility index (Phi) is 5.92. The number of rotatable bonds is 7. The molecule has 7 nitrogen and oxygen atoms in total. The van der Waals surface area contributed by atoms with Gasteiger partial charge in [0.15, 0.2) is 5.75 Å². The highest BCUT2D eigenvalue weighted by molar-refractivity contribution is 5.75. The van der Waals surface area contributed by atoms with Gasteiger partial charge in [0.25, 0.3) is 0 Å². The zero-order valence-electron chi connectivity index (χ0n) is 11.7. The zero-order chi connectivity index (χ0) is 15.1. The van der Waals surface area contributed by atoms with Gasteiger partial charge in [0.2, 0.25) is 5.91 Å². The van der Waals surface area contributed by atoms with Crippen molar-refractivity contribution in [2.75, 3.05) is 20.7 Å². The number of nitrogens with two attached hydrogens (primary N) is 1. The van der Waals surface area contributed by atoms with Crippen molar-refractivity contribution < 1.29 is 14.5 Å². The van der Waals surface area contributed by atoms with Crippen LogP contribution in [0.2, 0.25) is 0 Å². The lowest BCUT2D eigenvalue weighted by atomic mass is 10.2. The molecular formula is C13H19N3O4. The number of hydrogen-bond acceptors (Lipinski definition) is 5. The summed E-state index contributed by atoms with van der Waals surface area (Å²) < 4.78 is 5.40. The Morgan fingerprint density at radius 2 is 2.15 bits per heavy atom. The van der Waals surface area contributed by atoms with Crippen LogP contribution in [0.25, 0.3) is 0 Å². The predicted octanol–water partition coefficient (Wildman–Crippen LogP) is 1.30. The average Bonchev–Trinajstić information content (AvgIpc) is 2.42. The van der Waals surface area contributed by atoms with E-state index in [0.29, 0.717) is 12.8 Å². The molecule has 0 bridgehead atoms. The van der Waals surface area contributed by atoms with Crippen LogP contribution in [0.15, 0.2) is 18.2 Å². The minimum absolute atomic E-state index is 0.00110. The molecular weight excluding hydrogens is 262 g/mol. The number of carbonyl (C=O) groups excluding carboxylic acids is 1. The Bertz CT molecular complexity index is 489. The van der Waals surface area contributed by atoms with Crippen LogP contribution < -0.4 is 10.5 Å². The van der Waals surface area contributed by atoms with Crippen LogP contribution in [-0.2, 0) is 11.3 Å². The van der Waals surface area contributed by atoms with Gasteiger partial charge in [-0.1, -0.05) is 6.07 Å². The molecule has 1 aromatic carbocycles. The average molecular weight is 281 g/mol. The lowest BCUT2D eigenvalue weighted by Crippen LogP contribution is -2.21. The van der Waals surface area contributed by atoms with Gasteiger partial charge in [-0.2, -0.15) is 0 Å². The second-order valence-electron chi connectivity index (χ2n) is 4.50. The topological polar surface area (TPSA) is 98.7 Å². The van der Waals surface area contributed by atoms with Crippen molar-refractivity contribution in [2.24, 2.45) is 5.73 Å². The van der Waals surface area contributed by atoms with Gasteiger partial charge in [-0.15, -0.1) is 0 Å². The van der Waals surface area contributed by atoms with Crippen molar-refractivity contribution in [1.29, 1.82) is 0 Å². The maximum absolute atomic E-state index is 11.4. The maximum Gasteiger partial charge on any atom is 0.310 e. The first-order valence-corrected chi connectivity index (χ1v) is 6.26. The van der Waals surface area contributed by atoms with Gasteiger partial charge < -0.3 is 15.4 Å². The second kappa shape index (κ2) is 7.44. The van der Waals surface area contributed by atoms with Gasteiger partial charge in [-0.3, -0.25) is 14.9 Å². The molecule has 0 aromatic heterocycles. The molecule has 1 rings (SSSR count). The molecule has 0 aliphatic heterocycles. The third kappa shape index (κ3) is 4.51. The fourth-order valence-corrected chi connectivity index (χ4v) is 1.58. The van der Waals surface area contributed by atoms with Crippen LogP contribution in [0.5, 0.6) is 5.75 Å². The van der Waals surface area contributed by atoms with E-state index in [9.17, 15) is 14.9 Å². The summed E-state index contributed by atoms with van der Waals surface area (Å²) in [4.78, 5) is 23.3. The molecule has 0 aliphatic carbocycles. The summed E-state index contributed by atoms with van der Waals surface area (Å²) in [6.45, 7) is 0.530. The number of hydrogen-bond donors (Lipinski definition) is 1. The molecule has 0 saturated heterocycles. The molecule has 110 valence electrons. The van der Waals surface area contributed by atoms with Crippen molar-refractivity contribution in [3.05, 3.63) is 33.9 Å². The summed E-state index contributed by atoms with van der Waals surface area (Å²) in [5.41, 5.74) is 6.16. The number of nitro groups is 1. The van der Waals surface area contributed by atoms with Crippen LogP contribution in [0.3, 0.4) is 0 Å². The van der Waals surface area contributed by atoms with E-state index >= 15 is 0 Å². The molecule has 0 heterocycles.